The summed E-state index contributed by atoms with van der Waals surface area (Å²) in [5.41, 5.74) is 2.44. The quantitative estimate of drug-likeness (QED) is 0.702. The summed E-state index contributed by atoms with van der Waals surface area (Å²) < 4.78 is 1.92. The van der Waals surface area contributed by atoms with Gasteiger partial charge < -0.3 is 9.67 Å². The number of aryl methyl sites for hydroxylation is 1. The number of ketones is 1. The predicted molar refractivity (Wildman–Crippen MR) is 102 cm³/mol. The average Bonchev–Trinajstić information content (AvgIpc) is 2.94. The minimum absolute atomic E-state index is 0.00238. The van der Waals surface area contributed by atoms with Crippen molar-refractivity contribution in [2.75, 3.05) is 0 Å². The number of benzene rings is 1. The fourth-order valence-electron chi connectivity index (χ4n) is 3.77. The maximum atomic E-state index is 13.1. The number of carboxylic acid groups (broad SMARTS) is 1. The third kappa shape index (κ3) is 3.85. The zero-order valence-electron chi connectivity index (χ0n) is 15.0. The SMILES string of the molecule is CCCCc1cc2n(c1)C(C(=O)c1cccc(Cl)c1)CCCC2C(=O)O. The third-order valence-electron chi connectivity index (χ3n) is 5.13. The van der Waals surface area contributed by atoms with E-state index in [-0.39, 0.29) is 11.8 Å². The Kier molecular flexibility index (Phi) is 5.82. The highest BCUT2D eigenvalue weighted by molar-refractivity contribution is 6.31. The van der Waals surface area contributed by atoms with Crippen molar-refractivity contribution in [3.8, 4) is 0 Å². The number of aliphatic carboxylic acids is 1. The molecule has 4 nitrogen and oxygen atoms in total. The van der Waals surface area contributed by atoms with Crippen LogP contribution in [0.3, 0.4) is 0 Å². The summed E-state index contributed by atoms with van der Waals surface area (Å²) in [7, 11) is 0. The first-order valence-corrected chi connectivity index (χ1v) is 9.62. The molecule has 0 bridgehead atoms. The number of Topliss-reactive ketones (excluding diaryl/α,β-unsaturated/α-hetero) is 1. The molecule has 1 N–H and O–H groups in total. The number of halogens is 1. The van der Waals surface area contributed by atoms with Gasteiger partial charge in [-0.05, 0) is 55.9 Å². The van der Waals surface area contributed by atoms with Gasteiger partial charge in [0.2, 0.25) is 0 Å². The number of unbranched alkanes of at least 4 members (excludes halogenated alkanes) is 1. The van der Waals surface area contributed by atoms with E-state index in [4.69, 9.17) is 11.6 Å². The van der Waals surface area contributed by atoms with Crippen LogP contribution in [0.5, 0.6) is 0 Å². The number of hydrogen-bond donors (Lipinski definition) is 1. The normalized spacial score (nSPS) is 19.6. The predicted octanol–water partition coefficient (Wildman–Crippen LogP) is 5.26. The molecule has 2 heterocycles. The number of fused-ring (bicyclic) bond motifs is 1. The van der Waals surface area contributed by atoms with Crippen molar-refractivity contribution in [1.82, 2.24) is 4.57 Å². The zero-order chi connectivity index (χ0) is 18.7. The first-order valence-electron chi connectivity index (χ1n) is 9.24. The van der Waals surface area contributed by atoms with Crippen LogP contribution in [0.4, 0.5) is 0 Å². The Morgan fingerprint density at radius 2 is 2.08 bits per heavy atom. The third-order valence-corrected chi connectivity index (χ3v) is 5.36. The van der Waals surface area contributed by atoms with Crippen molar-refractivity contribution in [3.63, 3.8) is 0 Å². The van der Waals surface area contributed by atoms with Crippen molar-refractivity contribution in [1.29, 1.82) is 0 Å². The van der Waals surface area contributed by atoms with Gasteiger partial charge in [-0.1, -0.05) is 37.1 Å². The minimum Gasteiger partial charge on any atom is -0.481 e. The molecule has 0 radical (unpaired) electrons. The monoisotopic (exact) mass is 373 g/mol. The summed E-state index contributed by atoms with van der Waals surface area (Å²) in [6, 6.07) is 8.59. The van der Waals surface area contributed by atoms with Crippen LogP contribution >= 0.6 is 11.6 Å². The largest absolute Gasteiger partial charge is 0.481 e. The number of nitrogens with zero attached hydrogens (tertiary/aromatic N) is 1. The second kappa shape index (κ2) is 8.09. The van der Waals surface area contributed by atoms with E-state index in [9.17, 15) is 14.7 Å². The Morgan fingerprint density at radius 1 is 1.27 bits per heavy atom. The molecule has 2 aromatic rings. The highest BCUT2D eigenvalue weighted by Gasteiger charge is 2.33. The molecule has 0 saturated heterocycles. The van der Waals surface area contributed by atoms with Gasteiger partial charge in [0.1, 0.15) is 0 Å². The van der Waals surface area contributed by atoms with Crippen LogP contribution in [0.2, 0.25) is 5.02 Å². The van der Waals surface area contributed by atoms with Gasteiger partial charge in [0, 0.05) is 22.5 Å². The van der Waals surface area contributed by atoms with Crippen LogP contribution in [0, 0.1) is 0 Å². The van der Waals surface area contributed by atoms with Crippen LogP contribution in [0.15, 0.2) is 36.5 Å². The Hall–Kier alpha value is -2.07. The topological polar surface area (TPSA) is 59.3 Å². The summed E-state index contributed by atoms with van der Waals surface area (Å²) in [5, 5.41) is 10.2. The zero-order valence-corrected chi connectivity index (χ0v) is 15.7. The lowest BCUT2D eigenvalue weighted by Crippen LogP contribution is -2.21. The molecular weight excluding hydrogens is 350 g/mol. The summed E-state index contributed by atoms with van der Waals surface area (Å²) >= 11 is 6.05. The van der Waals surface area contributed by atoms with E-state index in [0.29, 0.717) is 29.8 Å². The van der Waals surface area contributed by atoms with Gasteiger partial charge >= 0.3 is 5.97 Å². The number of carbonyl (C=O) groups excluding carboxylic acids is 1. The van der Waals surface area contributed by atoms with E-state index in [1.165, 1.54) is 0 Å². The number of rotatable bonds is 6. The van der Waals surface area contributed by atoms with Gasteiger partial charge in [-0.15, -0.1) is 0 Å². The van der Waals surface area contributed by atoms with Crippen molar-refractivity contribution < 1.29 is 14.7 Å². The average molecular weight is 374 g/mol. The summed E-state index contributed by atoms with van der Waals surface area (Å²) in [6.07, 6.45) is 6.93. The van der Waals surface area contributed by atoms with Crippen LogP contribution in [-0.2, 0) is 11.2 Å². The molecule has 1 aliphatic heterocycles. The highest BCUT2D eigenvalue weighted by atomic mass is 35.5. The van der Waals surface area contributed by atoms with E-state index in [1.54, 1.807) is 24.3 Å². The summed E-state index contributed by atoms with van der Waals surface area (Å²) in [4.78, 5) is 24.9. The second-order valence-corrected chi connectivity index (χ2v) is 7.43. The molecule has 0 amide bonds. The maximum absolute atomic E-state index is 13.1. The van der Waals surface area contributed by atoms with Gasteiger partial charge in [0.15, 0.2) is 5.78 Å². The molecule has 5 heteroatoms. The molecule has 2 unspecified atom stereocenters. The molecule has 0 saturated carbocycles. The molecule has 2 atom stereocenters. The smallest absolute Gasteiger partial charge is 0.312 e. The van der Waals surface area contributed by atoms with Crippen LogP contribution in [0.25, 0.3) is 0 Å². The lowest BCUT2D eigenvalue weighted by Gasteiger charge is -2.19. The van der Waals surface area contributed by atoms with Crippen molar-refractivity contribution >= 4 is 23.4 Å². The van der Waals surface area contributed by atoms with Crippen LogP contribution < -0.4 is 0 Å². The standard InChI is InChI=1S/C21H24ClNO3/c1-2-3-6-14-11-19-17(21(25)26)9-5-10-18(23(19)13-14)20(24)15-7-4-8-16(22)12-15/h4,7-8,11-13,17-18H,2-3,5-6,9-10H2,1H3,(H,25,26). The number of carboxylic acids is 1. The minimum atomic E-state index is -0.817. The van der Waals surface area contributed by atoms with Crippen molar-refractivity contribution in [2.24, 2.45) is 0 Å². The van der Waals surface area contributed by atoms with Gasteiger partial charge in [-0.25, -0.2) is 0 Å². The fourth-order valence-corrected chi connectivity index (χ4v) is 3.96. The van der Waals surface area contributed by atoms with Gasteiger partial charge in [-0.3, -0.25) is 9.59 Å². The molecular formula is C21H24ClNO3. The van der Waals surface area contributed by atoms with E-state index in [0.717, 1.165) is 30.5 Å². The Balaban J connectivity index is 2.00. The molecule has 1 aromatic heterocycles. The van der Waals surface area contributed by atoms with Crippen LogP contribution in [0.1, 0.15) is 72.6 Å². The molecule has 0 spiro atoms. The van der Waals surface area contributed by atoms with Crippen molar-refractivity contribution in [2.45, 2.75) is 57.4 Å². The first kappa shape index (κ1) is 18.7. The molecule has 0 fully saturated rings. The van der Waals surface area contributed by atoms with Gasteiger partial charge in [-0.2, -0.15) is 0 Å². The fraction of sp³-hybridized carbons (Fsp3) is 0.429. The molecule has 3 rings (SSSR count). The first-order chi connectivity index (χ1) is 12.5. The summed E-state index contributed by atoms with van der Waals surface area (Å²) in [5.74, 6) is -1.37. The van der Waals surface area contributed by atoms with E-state index in [2.05, 4.69) is 6.92 Å². The molecule has 138 valence electrons. The number of carbonyl (C=O) groups is 2. The lowest BCUT2D eigenvalue weighted by molar-refractivity contribution is -0.139. The Bertz CT molecular complexity index is 811. The molecule has 1 aromatic carbocycles. The number of aromatic nitrogens is 1. The maximum Gasteiger partial charge on any atom is 0.312 e. The van der Waals surface area contributed by atoms with Crippen LogP contribution in [-0.4, -0.2) is 21.4 Å². The Labute approximate surface area is 158 Å². The van der Waals surface area contributed by atoms with Gasteiger partial charge in [0.25, 0.3) is 0 Å². The van der Waals surface area contributed by atoms with Gasteiger partial charge in [0.05, 0.1) is 12.0 Å². The molecule has 26 heavy (non-hydrogen) atoms. The summed E-state index contributed by atoms with van der Waals surface area (Å²) in [6.45, 7) is 2.13. The van der Waals surface area contributed by atoms with E-state index < -0.39 is 11.9 Å². The lowest BCUT2D eigenvalue weighted by atomic mass is 9.97. The van der Waals surface area contributed by atoms with E-state index in [1.807, 2.05) is 16.8 Å². The van der Waals surface area contributed by atoms with Crippen molar-refractivity contribution in [3.05, 3.63) is 58.4 Å². The number of hydrogen-bond acceptors (Lipinski definition) is 2. The highest BCUT2D eigenvalue weighted by Crippen LogP contribution is 2.35. The molecule has 1 aliphatic rings. The Morgan fingerprint density at radius 3 is 2.77 bits per heavy atom. The molecule has 0 aliphatic carbocycles. The van der Waals surface area contributed by atoms with E-state index >= 15 is 0 Å². The second-order valence-electron chi connectivity index (χ2n) is 7.00.